The van der Waals surface area contributed by atoms with Gasteiger partial charge in [-0.15, -0.1) is 0 Å². The lowest BCUT2D eigenvalue weighted by Crippen LogP contribution is -2.23. The maximum Gasteiger partial charge on any atom is 0.342 e. The highest BCUT2D eigenvalue weighted by molar-refractivity contribution is 6.13. The first-order chi connectivity index (χ1) is 6.02. The minimum atomic E-state index is -0.426. The van der Waals surface area contributed by atoms with Crippen molar-refractivity contribution in [3.63, 3.8) is 0 Å². The maximum atomic E-state index is 11.3. The van der Waals surface area contributed by atoms with E-state index in [0.29, 0.717) is 17.6 Å². The van der Waals surface area contributed by atoms with E-state index in [1.807, 2.05) is 13.8 Å². The maximum absolute atomic E-state index is 11.3. The van der Waals surface area contributed by atoms with E-state index in [2.05, 4.69) is 4.74 Å². The van der Waals surface area contributed by atoms with Crippen LogP contribution >= 0.6 is 0 Å². The van der Waals surface area contributed by atoms with Crippen molar-refractivity contribution in [3.05, 3.63) is 11.1 Å². The molecule has 0 saturated heterocycles. The summed E-state index contributed by atoms with van der Waals surface area (Å²) in [6.07, 6.45) is 2.62. The second kappa shape index (κ2) is 2.44. The molecule has 0 aromatic carbocycles. The lowest BCUT2D eigenvalue weighted by Gasteiger charge is -2.28. The first-order valence-corrected chi connectivity index (χ1v) is 4.52. The summed E-state index contributed by atoms with van der Waals surface area (Å²) in [6.45, 7) is 3.97. The summed E-state index contributed by atoms with van der Waals surface area (Å²) in [4.78, 5) is 22.5. The van der Waals surface area contributed by atoms with Crippen LogP contribution in [0.25, 0.3) is 0 Å². The molecule has 3 heteroatoms. The molecule has 0 saturated carbocycles. The smallest absolute Gasteiger partial charge is 0.342 e. The molecule has 0 radical (unpaired) electrons. The third-order valence-electron chi connectivity index (χ3n) is 2.84. The van der Waals surface area contributed by atoms with Gasteiger partial charge in [0.1, 0.15) is 0 Å². The molecule has 3 nitrogen and oxygen atoms in total. The molecule has 0 bridgehead atoms. The fourth-order valence-electron chi connectivity index (χ4n) is 2.17. The van der Waals surface area contributed by atoms with E-state index < -0.39 is 11.9 Å². The van der Waals surface area contributed by atoms with Crippen molar-refractivity contribution in [2.45, 2.75) is 33.1 Å². The normalized spacial score (nSPS) is 26.0. The van der Waals surface area contributed by atoms with Gasteiger partial charge in [-0.3, -0.25) is 0 Å². The molecular formula is C10H12O3. The zero-order valence-corrected chi connectivity index (χ0v) is 7.85. The highest BCUT2D eigenvalue weighted by Gasteiger charge is 2.43. The summed E-state index contributed by atoms with van der Waals surface area (Å²) in [5.74, 6) is -0.850. The average molecular weight is 180 g/mol. The Hall–Kier alpha value is -1.12. The Kier molecular flexibility index (Phi) is 1.59. The number of hydrogen-bond acceptors (Lipinski definition) is 3. The van der Waals surface area contributed by atoms with Crippen LogP contribution in [0.1, 0.15) is 33.1 Å². The second-order valence-electron chi connectivity index (χ2n) is 4.27. The summed E-state index contributed by atoms with van der Waals surface area (Å²) in [5, 5.41) is 0. The molecule has 0 spiro atoms. The molecule has 13 heavy (non-hydrogen) atoms. The average Bonchev–Trinajstić information content (AvgIpc) is 2.27. The Morgan fingerprint density at radius 2 is 1.92 bits per heavy atom. The zero-order valence-electron chi connectivity index (χ0n) is 7.85. The SMILES string of the molecule is CC1(C)CCCC2=C1C(=O)OC2=O. The van der Waals surface area contributed by atoms with Crippen molar-refractivity contribution < 1.29 is 14.3 Å². The molecule has 0 aromatic heterocycles. The van der Waals surface area contributed by atoms with Crippen LogP contribution in [0.2, 0.25) is 0 Å². The van der Waals surface area contributed by atoms with Crippen LogP contribution in [0.4, 0.5) is 0 Å². The van der Waals surface area contributed by atoms with E-state index in [0.717, 1.165) is 12.8 Å². The van der Waals surface area contributed by atoms with Gasteiger partial charge in [0.15, 0.2) is 0 Å². The van der Waals surface area contributed by atoms with Gasteiger partial charge >= 0.3 is 11.9 Å². The zero-order chi connectivity index (χ0) is 9.64. The highest BCUT2D eigenvalue weighted by Crippen LogP contribution is 2.43. The molecule has 1 aliphatic carbocycles. The van der Waals surface area contributed by atoms with Crippen molar-refractivity contribution in [2.24, 2.45) is 5.41 Å². The van der Waals surface area contributed by atoms with Gasteiger partial charge in [-0.25, -0.2) is 9.59 Å². The van der Waals surface area contributed by atoms with Crippen LogP contribution in [0.3, 0.4) is 0 Å². The van der Waals surface area contributed by atoms with E-state index >= 15 is 0 Å². The van der Waals surface area contributed by atoms with E-state index in [-0.39, 0.29) is 5.41 Å². The third kappa shape index (κ3) is 1.10. The molecule has 1 aliphatic heterocycles. The van der Waals surface area contributed by atoms with Gasteiger partial charge in [-0.1, -0.05) is 13.8 Å². The minimum absolute atomic E-state index is 0.184. The topological polar surface area (TPSA) is 43.4 Å². The van der Waals surface area contributed by atoms with E-state index in [1.165, 1.54) is 0 Å². The molecule has 1 heterocycles. The molecule has 2 rings (SSSR count). The van der Waals surface area contributed by atoms with Crippen molar-refractivity contribution in [1.82, 2.24) is 0 Å². The third-order valence-corrected chi connectivity index (χ3v) is 2.84. The fourth-order valence-corrected chi connectivity index (χ4v) is 2.17. The van der Waals surface area contributed by atoms with Crippen molar-refractivity contribution >= 4 is 11.9 Å². The summed E-state index contributed by atoms with van der Waals surface area (Å²) < 4.78 is 4.59. The molecule has 0 aromatic rings. The number of carbonyl (C=O) groups excluding carboxylic acids is 2. The molecule has 0 atom stereocenters. The van der Waals surface area contributed by atoms with Crippen LogP contribution in [0.5, 0.6) is 0 Å². The summed E-state index contributed by atoms with van der Waals surface area (Å²) in [6, 6.07) is 0. The molecule has 0 unspecified atom stereocenters. The van der Waals surface area contributed by atoms with Gasteiger partial charge < -0.3 is 4.74 Å². The lowest BCUT2D eigenvalue weighted by molar-refractivity contribution is -0.151. The number of esters is 2. The van der Waals surface area contributed by atoms with Gasteiger partial charge in [-0.2, -0.15) is 0 Å². The van der Waals surface area contributed by atoms with E-state index in [4.69, 9.17) is 0 Å². The summed E-state index contributed by atoms with van der Waals surface area (Å²) >= 11 is 0. The second-order valence-corrected chi connectivity index (χ2v) is 4.27. The number of carbonyl (C=O) groups is 2. The molecule has 0 N–H and O–H groups in total. The Labute approximate surface area is 76.8 Å². The molecule has 0 fully saturated rings. The van der Waals surface area contributed by atoms with Gasteiger partial charge in [0.2, 0.25) is 0 Å². The van der Waals surface area contributed by atoms with Gasteiger partial charge in [-0.05, 0) is 24.7 Å². The standard InChI is InChI=1S/C10H12O3/c1-10(2)5-3-4-6-7(10)9(12)13-8(6)11/h3-5H2,1-2H3. The van der Waals surface area contributed by atoms with Crippen LogP contribution < -0.4 is 0 Å². The molecule has 0 amide bonds. The van der Waals surface area contributed by atoms with E-state index in [9.17, 15) is 9.59 Å². The minimum Gasteiger partial charge on any atom is -0.386 e. The lowest BCUT2D eigenvalue weighted by atomic mass is 9.73. The quantitative estimate of drug-likeness (QED) is 0.420. The molecular weight excluding hydrogens is 168 g/mol. The number of cyclic esters (lactones) is 2. The van der Waals surface area contributed by atoms with Gasteiger partial charge in [0.05, 0.1) is 5.57 Å². The summed E-state index contributed by atoms with van der Waals surface area (Å²) in [5.41, 5.74) is 1.04. The predicted octanol–water partition coefficient (Wildman–Crippen LogP) is 1.58. The first-order valence-electron chi connectivity index (χ1n) is 4.52. The van der Waals surface area contributed by atoms with Crippen LogP contribution in [-0.4, -0.2) is 11.9 Å². The monoisotopic (exact) mass is 180 g/mol. The number of ether oxygens (including phenoxy) is 1. The van der Waals surface area contributed by atoms with Gasteiger partial charge in [0, 0.05) is 5.57 Å². The largest absolute Gasteiger partial charge is 0.386 e. The Morgan fingerprint density at radius 3 is 2.54 bits per heavy atom. The molecule has 2 aliphatic rings. The predicted molar refractivity (Wildman–Crippen MR) is 45.8 cm³/mol. The molecule has 70 valence electrons. The van der Waals surface area contributed by atoms with Crippen LogP contribution in [0.15, 0.2) is 11.1 Å². The van der Waals surface area contributed by atoms with Crippen molar-refractivity contribution in [3.8, 4) is 0 Å². The van der Waals surface area contributed by atoms with Crippen molar-refractivity contribution in [1.29, 1.82) is 0 Å². The Bertz CT molecular complexity index is 323. The number of hydrogen-bond donors (Lipinski definition) is 0. The Morgan fingerprint density at radius 1 is 1.23 bits per heavy atom. The van der Waals surface area contributed by atoms with E-state index in [1.54, 1.807) is 0 Å². The Balaban J connectivity index is 2.53. The number of rotatable bonds is 0. The van der Waals surface area contributed by atoms with Crippen LogP contribution in [0, 0.1) is 5.41 Å². The highest BCUT2D eigenvalue weighted by atomic mass is 16.6. The first kappa shape index (κ1) is 8.48. The van der Waals surface area contributed by atoms with Crippen LogP contribution in [-0.2, 0) is 14.3 Å². The van der Waals surface area contributed by atoms with Crippen molar-refractivity contribution in [2.75, 3.05) is 0 Å². The van der Waals surface area contributed by atoms with Gasteiger partial charge in [0.25, 0.3) is 0 Å². The fraction of sp³-hybridized carbons (Fsp3) is 0.600. The summed E-state index contributed by atoms with van der Waals surface area (Å²) in [7, 11) is 0.